The Bertz CT molecular complexity index is 1310. The van der Waals surface area contributed by atoms with Crippen molar-refractivity contribution < 1.29 is 48.8 Å². The number of alkyl carbamates (subject to hydrolysis) is 1. The molecule has 1 aliphatic rings. The number of carboxylic acid groups (broad SMARTS) is 3. The second kappa shape index (κ2) is 14.9. The lowest BCUT2D eigenvalue weighted by atomic mass is 9.98. The minimum atomic E-state index is -1.86. The third kappa shape index (κ3) is 8.46. The predicted molar refractivity (Wildman–Crippen MR) is 151 cm³/mol. The molecule has 3 unspecified atom stereocenters. The van der Waals surface area contributed by atoms with Crippen molar-refractivity contribution in [2.75, 3.05) is 12.4 Å². The summed E-state index contributed by atoms with van der Waals surface area (Å²) in [4.78, 5) is 72.1. The zero-order valence-corrected chi connectivity index (χ0v) is 23.2. The van der Waals surface area contributed by atoms with Crippen LogP contribution in [0.5, 0.6) is 0 Å². The van der Waals surface area contributed by atoms with Crippen LogP contribution in [0.3, 0.4) is 0 Å². The van der Waals surface area contributed by atoms with Crippen molar-refractivity contribution in [1.82, 2.24) is 16.0 Å². The number of carbonyl (C=O) groups excluding carboxylic acids is 3. The van der Waals surface area contributed by atoms with E-state index in [1.54, 1.807) is 0 Å². The molecule has 2 aromatic rings. The van der Waals surface area contributed by atoms with Gasteiger partial charge in [-0.15, -0.1) is 0 Å². The third-order valence-electron chi connectivity index (χ3n) is 6.61. The lowest BCUT2D eigenvalue weighted by Crippen LogP contribution is -2.56. The molecule has 14 heteroatoms. The summed E-state index contributed by atoms with van der Waals surface area (Å²) in [6.45, 7) is -0.0229. The molecule has 2 aromatic carbocycles. The molecule has 0 bridgehead atoms. The average Bonchev–Trinajstić information content (AvgIpc) is 3.26. The van der Waals surface area contributed by atoms with Crippen molar-refractivity contribution in [3.63, 3.8) is 0 Å². The summed E-state index contributed by atoms with van der Waals surface area (Å²) in [5.74, 6) is -6.67. The number of benzene rings is 2. The molecule has 0 heterocycles. The Hall–Kier alpha value is -4.59. The number of hydrogen-bond acceptors (Lipinski definition) is 8. The van der Waals surface area contributed by atoms with Crippen LogP contribution in [-0.4, -0.2) is 81.6 Å². The molecule has 42 heavy (non-hydrogen) atoms. The van der Waals surface area contributed by atoms with Gasteiger partial charge in [0.05, 0.1) is 12.8 Å². The number of ether oxygens (including phenoxy) is 1. The van der Waals surface area contributed by atoms with E-state index in [0.29, 0.717) is 12.2 Å². The smallest absolute Gasteiger partial charge is 0.407 e. The highest BCUT2D eigenvalue weighted by Gasteiger charge is 2.33. The van der Waals surface area contributed by atoms with Gasteiger partial charge in [-0.2, -0.15) is 12.6 Å². The maximum absolute atomic E-state index is 13.1. The van der Waals surface area contributed by atoms with Crippen LogP contribution in [0, 0.1) is 0 Å². The summed E-state index contributed by atoms with van der Waals surface area (Å²) >= 11 is 4.12. The van der Waals surface area contributed by atoms with Gasteiger partial charge in [0, 0.05) is 5.92 Å². The van der Waals surface area contributed by atoms with Crippen molar-refractivity contribution in [3.05, 3.63) is 59.7 Å². The number of rotatable bonds is 15. The molecule has 0 radical (unpaired) electrons. The van der Waals surface area contributed by atoms with E-state index in [-0.39, 0.29) is 18.9 Å². The van der Waals surface area contributed by atoms with Crippen LogP contribution in [0.15, 0.2) is 48.5 Å². The summed E-state index contributed by atoms with van der Waals surface area (Å²) in [6.07, 6.45) is -2.38. The van der Waals surface area contributed by atoms with Crippen LogP contribution in [0.1, 0.15) is 42.7 Å². The molecule has 13 nitrogen and oxygen atoms in total. The monoisotopic (exact) mass is 601 g/mol. The van der Waals surface area contributed by atoms with Gasteiger partial charge in [0.2, 0.25) is 11.8 Å². The lowest BCUT2D eigenvalue weighted by molar-refractivity contribution is -0.148. The first-order valence-electron chi connectivity index (χ1n) is 13.0. The molecular weight excluding hydrogens is 570 g/mol. The highest BCUT2D eigenvalue weighted by atomic mass is 32.1. The number of carboxylic acids is 3. The molecule has 1 aliphatic carbocycles. The van der Waals surface area contributed by atoms with Crippen molar-refractivity contribution >= 4 is 48.4 Å². The Morgan fingerprint density at radius 3 is 1.76 bits per heavy atom. The maximum Gasteiger partial charge on any atom is 0.407 e. The van der Waals surface area contributed by atoms with Gasteiger partial charge in [0.25, 0.3) is 0 Å². The first-order chi connectivity index (χ1) is 20.0. The molecule has 0 saturated heterocycles. The number of amides is 3. The fraction of sp³-hybridized carbons (Fsp3) is 0.357. The molecule has 0 fully saturated rings. The minimum absolute atomic E-state index is 0.0229. The summed E-state index contributed by atoms with van der Waals surface area (Å²) in [5.41, 5.74) is 4.04. The number of thiol groups is 1. The van der Waals surface area contributed by atoms with E-state index in [1.165, 1.54) is 0 Å². The van der Waals surface area contributed by atoms with E-state index in [2.05, 4.69) is 23.3 Å². The molecule has 3 atom stereocenters. The Kier molecular flexibility index (Phi) is 11.3. The number of aliphatic carboxylic acids is 3. The molecule has 0 aliphatic heterocycles. The second-order valence-electron chi connectivity index (χ2n) is 9.54. The molecule has 0 aromatic heterocycles. The van der Waals surface area contributed by atoms with Gasteiger partial charge in [-0.3, -0.25) is 19.2 Å². The van der Waals surface area contributed by atoms with Crippen LogP contribution in [0.4, 0.5) is 4.79 Å². The van der Waals surface area contributed by atoms with Crippen LogP contribution in [0.2, 0.25) is 0 Å². The second-order valence-corrected chi connectivity index (χ2v) is 9.99. The van der Waals surface area contributed by atoms with Crippen molar-refractivity contribution in [2.24, 2.45) is 0 Å². The van der Waals surface area contributed by atoms with Crippen LogP contribution < -0.4 is 16.0 Å². The van der Waals surface area contributed by atoms with Crippen molar-refractivity contribution in [2.45, 2.75) is 49.7 Å². The SMILES string of the molecule is O=C(O)CC(NC(=O)C(CC(=O)O)NC(=O)C(CCCS)NC(=O)OCC1c2ccccc2-c2ccccc21)C(=O)O. The standard InChI is InChI=1S/C28H31N3O10S/c32-23(33)12-21(26(37)30-22(27(38)39)13-24(34)35)29-25(36)20(10-5-11-42)31-28(40)41-14-19-17-8-3-1-6-15(17)16-7-2-4-9-18(16)19/h1-4,6-9,19-22,42H,5,10-14H2,(H,29,36)(H,30,37)(H,31,40)(H,32,33)(H,34,35)(H,38,39). The fourth-order valence-electron chi connectivity index (χ4n) is 4.65. The van der Waals surface area contributed by atoms with E-state index in [9.17, 15) is 39.0 Å². The van der Waals surface area contributed by atoms with Gasteiger partial charge in [0.1, 0.15) is 24.7 Å². The molecule has 0 spiro atoms. The van der Waals surface area contributed by atoms with E-state index in [1.807, 2.05) is 53.8 Å². The van der Waals surface area contributed by atoms with Crippen molar-refractivity contribution in [3.8, 4) is 11.1 Å². The van der Waals surface area contributed by atoms with E-state index in [0.717, 1.165) is 22.3 Å². The number of hydrogen-bond donors (Lipinski definition) is 7. The van der Waals surface area contributed by atoms with Crippen LogP contribution in [-0.2, 0) is 28.7 Å². The number of nitrogens with one attached hydrogen (secondary N) is 3. The Morgan fingerprint density at radius 2 is 1.24 bits per heavy atom. The maximum atomic E-state index is 13.1. The highest BCUT2D eigenvalue weighted by Crippen LogP contribution is 2.44. The predicted octanol–water partition coefficient (Wildman–Crippen LogP) is 1.61. The minimum Gasteiger partial charge on any atom is -0.481 e. The van der Waals surface area contributed by atoms with Crippen LogP contribution >= 0.6 is 12.6 Å². The van der Waals surface area contributed by atoms with E-state index >= 15 is 0 Å². The van der Waals surface area contributed by atoms with E-state index < -0.39 is 66.8 Å². The van der Waals surface area contributed by atoms with Gasteiger partial charge < -0.3 is 36.0 Å². The van der Waals surface area contributed by atoms with Gasteiger partial charge in [-0.1, -0.05) is 48.5 Å². The quantitative estimate of drug-likeness (QED) is 0.147. The average molecular weight is 602 g/mol. The first kappa shape index (κ1) is 31.9. The molecular formula is C28H31N3O10S. The number of carbonyl (C=O) groups is 6. The topological polar surface area (TPSA) is 208 Å². The van der Waals surface area contributed by atoms with Gasteiger partial charge in [-0.25, -0.2) is 9.59 Å². The van der Waals surface area contributed by atoms with Gasteiger partial charge in [-0.05, 0) is 40.8 Å². The number of fused-ring (bicyclic) bond motifs is 3. The zero-order chi connectivity index (χ0) is 30.8. The fourth-order valence-corrected chi connectivity index (χ4v) is 4.83. The van der Waals surface area contributed by atoms with Gasteiger partial charge >= 0.3 is 24.0 Å². The molecule has 224 valence electrons. The summed E-state index contributed by atoms with van der Waals surface area (Å²) in [7, 11) is 0. The first-order valence-corrected chi connectivity index (χ1v) is 13.6. The van der Waals surface area contributed by atoms with E-state index in [4.69, 9.17) is 9.84 Å². The molecule has 3 amide bonds. The molecule has 6 N–H and O–H groups in total. The normalized spacial score (nSPS) is 13.9. The summed E-state index contributed by atoms with van der Waals surface area (Å²) in [5, 5.41) is 33.9. The Balaban J connectivity index is 1.68. The van der Waals surface area contributed by atoms with Gasteiger partial charge in [0.15, 0.2) is 0 Å². The third-order valence-corrected chi connectivity index (χ3v) is 6.92. The Labute approximate surface area is 246 Å². The largest absolute Gasteiger partial charge is 0.481 e. The van der Waals surface area contributed by atoms with Crippen molar-refractivity contribution in [1.29, 1.82) is 0 Å². The summed E-state index contributed by atoms with van der Waals surface area (Å²) in [6, 6.07) is 10.6. The lowest BCUT2D eigenvalue weighted by Gasteiger charge is -2.23. The molecule has 0 saturated carbocycles. The van der Waals surface area contributed by atoms with Crippen LogP contribution in [0.25, 0.3) is 11.1 Å². The summed E-state index contributed by atoms with van der Waals surface area (Å²) < 4.78 is 5.49. The molecule has 3 rings (SSSR count). The highest BCUT2D eigenvalue weighted by molar-refractivity contribution is 7.80. The Morgan fingerprint density at radius 1 is 0.738 bits per heavy atom. The zero-order valence-electron chi connectivity index (χ0n) is 22.3.